The van der Waals surface area contributed by atoms with Crippen LogP contribution in [-0.2, 0) is 10.0 Å². The van der Waals surface area contributed by atoms with Crippen LogP contribution in [0.4, 0.5) is 4.39 Å². The zero-order chi connectivity index (χ0) is 12.2. The van der Waals surface area contributed by atoms with Gasteiger partial charge in [-0.15, -0.1) is 0 Å². The number of aliphatic hydroxyl groups excluding tert-OH is 1. The number of aliphatic hydroxyl groups is 1. The standard InChI is InChI=1S/C10H14FNO3S/c1-2-9(7-13)12-16(14,15)10-5-3-8(11)4-6-10/h3-6,9,12-13H,2,7H2,1H3/t9-/m0/s1. The summed E-state index contributed by atoms with van der Waals surface area (Å²) >= 11 is 0. The largest absolute Gasteiger partial charge is 0.395 e. The third-order valence-corrected chi connectivity index (χ3v) is 3.70. The summed E-state index contributed by atoms with van der Waals surface area (Å²) in [5.41, 5.74) is 0. The number of halogens is 1. The van der Waals surface area contributed by atoms with Crippen LogP contribution >= 0.6 is 0 Å². The second-order valence-corrected chi connectivity index (χ2v) is 5.08. The molecule has 16 heavy (non-hydrogen) atoms. The van der Waals surface area contributed by atoms with Crippen molar-refractivity contribution in [1.29, 1.82) is 0 Å². The fourth-order valence-corrected chi connectivity index (χ4v) is 2.46. The minimum Gasteiger partial charge on any atom is -0.395 e. The average molecular weight is 247 g/mol. The molecule has 1 atom stereocenters. The maximum absolute atomic E-state index is 12.6. The molecular weight excluding hydrogens is 233 g/mol. The van der Waals surface area contributed by atoms with E-state index in [9.17, 15) is 12.8 Å². The van der Waals surface area contributed by atoms with E-state index >= 15 is 0 Å². The molecule has 1 aromatic rings. The molecule has 0 aliphatic carbocycles. The molecule has 0 aliphatic rings. The zero-order valence-electron chi connectivity index (χ0n) is 8.85. The van der Waals surface area contributed by atoms with Crippen molar-refractivity contribution in [3.63, 3.8) is 0 Å². The highest BCUT2D eigenvalue weighted by atomic mass is 32.2. The maximum atomic E-state index is 12.6. The third-order valence-electron chi connectivity index (χ3n) is 2.16. The summed E-state index contributed by atoms with van der Waals surface area (Å²) in [7, 11) is -3.68. The molecule has 4 nitrogen and oxygen atoms in total. The van der Waals surface area contributed by atoms with Gasteiger partial charge < -0.3 is 5.11 Å². The summed E-state index contributed by atoms with van der Waals surface area (Å²) in [5, 5.41) is 8.89. The maximum Gasteiger partial charge on any atom is 0.240 e. The number of benzene rings is 1. The van der Waals surface area contributed by atoms with Crippen LogP contribution in [0.15, 0.2) is 29.2 Å². The summed E-state index contributed by atoms with van der Waals surface area (Å²) in [6.45, 7) is 1.49. The fraction of sp³-hybridized carbons (Fsp3) is 0.400. The molecule has 0 bridgehead atoms. The Labute approximate surface area is 94.2 Å². The molecule has 0 radical (unpaired) electrons. The minimum absolute atomic E-state index is 0.0131. The van der Waals surface area contributed by atoms with Crippen molar-refractivity contribution in [3.8, 4) is 0 Å². The molecule has 0 saturated carbocycles. The molecule has 0 saturated heterocycles. The van der Waals surface area contributed by atoms with Crippen LogP contribution in [0.25, 0.3) is 0 Å². The van der Waals surface area contributed by atoms with E-state index in [4.69, 9.17) is 5.11 Å². The molecular formula is C10H14FNO3S. The predicted octanol–water partition coefficient (Wildman–Crippen LogP) is 0.875. The minimum atomic E-state index is -3.68. The van der Waals surface area contributed by atoms with Crippen molar-refractivity contribution in [1.82, 2.24) is 4.72 Å². The molecule has 0 heterocycles. The van der Waals surface area contributed by atoms with Crippen LogP contribution in [0.1, 0.15) is 13.3 Å². The summed E-state index contributed by atoms with van der Waals surface area (Å²) in [4.78, 5) is -0.0131. The van der Waals surface area contributed by atoms with Gasteiger partial charge in [-0.2, -0.15) is 0 Å². The molecule has 0 amide bonds. The average Bonchev–Trinajstić information content (AvgIpc) is 2.26. The Balaban J connectivity index is 2.89. The van der Waals surface area contributed by atoms with Gasteiger partial charge in [-0.25, -0.2) is 17.5 Å². The lowest BCUT2D eigenvalue weighted by Gasteiger charge is -2.14. The van der Waals surface area contributed by atoms with E-state index in [1.165, 1.54) is 12.1 Å². The zero-order valence-corrected chi connectivity index (χ0v) is 9.67. The van der Waals surface area contributed by atoms with Gasteiger partial charge in [0.15, 0.2) is 0 Å². The molecule has 90 valence electrons. The van der Waals surface area contributed by atoms with Gasteiger partial charge in [0.25, 0.3) is 0 Å². The first kappa shape index (κ1) is 13.1. The third kappa shape index (κ3) is 3.26. The van der Waals surface area contributed by atoms with Crippen LogP contribution in [0.2, 0.25) is 0 Å². The van der Waals surface area contributed by atoms with Crippen LogP contribution in [-0.4, -0.2) is 26.2 Å². The summed E-state index contributed by atoms with van der Waals surface area (Å²) in [6, 6.07) is 4.00. The lowest BCUT2D eigenvalue weighted by molar-refractivity contribution is 0.254. The van der Waals surface area contributed by atoms with Gasteiger partial charge in [0, 0.05) is 6.04 Å². The van der Waals surface area contributed by atoms with Crippen LogP contribution in [0.5, 0.6) is 0 Å². The van der Waals surface area contributed by atoms with Crippen molar-refractivity contribution in [3.05, 3.63) is 30.1 Å². The molecule has 1 aromatic carbocycles. The Hall–Kier alpha value is -0.980. The lowest BCUT2D eigenvalue weighted by Crippen LogP contribution is -2.36. The molecule has 0 unspecified atom stereocenters. The first-order valence-corrected chi connectivity index (χ1v) is 6.36. The first-order valence-electron chi connectivity index (χ1n) is 4.88. The number of rotatable bonds is 5. The van der Waals surface area contributed by atoms with Crippen molar-refractivity contribution in [2.24, 2.45) is 0 Å². The van der Waals surface area contributed by atoms with Gasteiger partial charge in [-0.05, 0) is 30.7 Å². The van der Waals surface area contributed by atoms with E-state index < -0.39 is 21.9 Å². The van der Waals surface area contributed by atoms with Crippen molar-refractivity contribution in [2.45, 2.75) is 24.3 Å². The Morgan fingerprint density at radius 1 is 1.38 bits per heavy atom. The Kier molecular flexibility index (Phi) is 4.40. The Morgan fingerprint density at radius 2 is 1.94 bits per heavy atom. The number of nitrogens with one attached hydrogen (secondary N) is 1. The van der Waals surface area contributed by atoms with Gasteiger partial charge >= 0.3 is 0 Å². The van der Waals surface area contributed by atoms with Crippen LogP contribution < -0.4 is 4.72 Å². The van der Waals surface area contributed by atoms with E-state index in [1.54, 1.807) is 6.92 Å². The van der Waals surface area contributed by atoms with Crippen LogP contribution in [0, 0.1) is 5.82 Å². The van der Waals surface area contributed by atoms with E-state index in [0.29, 0.717) is 6.42 Å². The first-order chi connectivity index (χ1) is 7.49. The molecule has 6 heteroatoms. The van der Waals surface area contributed by atoms with Gasteiger partial charge in [-0.1, -0.05) is 6.92 Å². The highest BCUT2D eigenvalue weighted by Crippen LogP contribution is 2.10. The van der Waals surface area contributed by atoms with Crippen molar-refractivity contribution < 1.29 is 17.9 Å². The SMILES string of the molecule is CC[C@@H](CO)NS(=O)(=O)c1ccc(F)cc1. The van der Waals surface area contributed by atoms with E-state index in [1.807, 2.05) is 0 Å². The highest BCUT2D eigenvalue weighted by Gasteiger charge is 2.18. The molecule has 0 aliphatic heterocycles. The molecule has 1 rings (SSSR count). The highest BCUT2D eigenvalue weighted by molar-refractivity contribution is 7.89. The summed E-state index contributed by atoms with van der Waals surface area (Å²) < 4.78 is 38.4. The normalized spacial score (nSPS) is 13.7. The van der Waals surface area contributed by atoms with E-state index in [-0.39, 0.29) is 11.5 Å². The topological polar surface area (TPSA) is 66.4 Å². The molecule has 2 N–H and O–H groups in total. The quantitative estimate of drug-likeness (QED) is 0.811. The van der Waals surface area contributed by atoms with E-state index in [0.717, 1.165) is 12.1 Å². The van der Waals surface area contributed by atoms with Gasteiger partial charge in [0.05, 0.1) is 11.5 Å². The van der Waals surface area contributed by atoms with E-state index in [2.05, 4.69) is 4.72 Å². The van der Waals surface area contributed by atoms with Crippen molar-refractivity contribution >= 4 is 10.0 Å². The molecule has 0 fully saturated rings. The Bertz CT molecular complexity index is 426. The number of hydrogen-bond donors (Lipinski definition) is 2. The lowest BCUT2D eigenvalue weighted by atomic mass is 10.3. The van der Waals surface area contributed by atoms with Gasteiger partial charge in [0.1, 0.15) is 5.82 Å². The van der Waals surface area contributed by atoms with Crippen molar-refractivity contribution in [2.75, 3.05) is 6.61 Å². The van der Waals surface area contributed by atoms with Gasteiger partial charge in [0.2, 0.25) is 10.0 Å². The number of hydrogen-bond acceptors (Lipinski definition) is 3. The Morgan fingerprint density at radius 3 is 2.38 bits per heavy atom. The predicted molar refractivity (Wildman–Crippen MR) is 57.9 cm³/mol. The van der Waals surface area contributed by atoms with Gasteiger partial charge in [-0.3, -0.25) is 0 Å². The second kappa shape index (κ2) is 5.38. The van der Waals surface area contributed by atoms with Crippen LogP contribution in [0.3, 0.4) is 0 Å². The fourth-order valence-electron chi connectivity index (χ4n) is 1.15. The summed E-state index contributed by atoms with van der Waals surface area (Å²) in [5.74, 6) is -0.492. The molecule has 0 aromatic heterocycles. The summed E-state index contributed by atoms with van der Waals surface area (Å²) in [6.07, 6.45) is 0.483. The smallest absolute Gasteiger partial charge is 0.240 e. The monoisotopic (exact) mass is 247 g/mol. The number of sulfonamides is 1. The molecule has 0 spiro atoms. The second-order valence-electron chi connectivity index (χ2n) is 3.36.